The zero-order valence-electron chi connectivity index (χ0n) is 13.4. The van der Waals surface area contributed by atoms with Gasteiger partial charge in [0.2, 0.25) is 0 Å². The summed E-state index contributed by atoms with van der Waals surface area (Å²) >= 11 is 15.5. The zero-order chi connectivity index (χ0) is 19.2. The number of fused-ring (bicyclic) bond motifs is 1. The van der Waals surface area contributed by atoms with Crippen molar-refractivity contribution in [1.29, 1.82) is 0 Å². The van der Waals surface area contributed by atoms with E-state index in [1.165, 1.54) is 11.5 Å². The fraction of sp³-hybridized carbons (Fsp3) is 0.375. The molecule has 26 heavy (non-hydrogen) atoms. The fourth-order valence-electron chi connectivity index (χ4n) is 2.94. The maximum atomic E-state index is 11.5. The lowest BCUT2D eigenvalue weighted by molar-refractivity contribution is -0.147. The minimum absolute atomic E-state index is 0.214. The number of carbonyl (C=O) groups is 2. The zero-order valence-corrected chi connectivity index (χ0v) is 16.5. The molecule has 2 N–H and O–H groups in total. The molecule has 2 heterocycles. The molecule has 2 aromatic rings. The summed E-state index contributed by atoms with van der Waals surface area (Å²) in [4.78, 5) is 22.5. The van der Waals surface area contributed by atoms with Crippen molar-refractivity contribution in [2.24, 2.45) is 0 Å². The standard InChI is InChI=1S/C16H14BrCl2NO6/c1-6(22)25-5-12-13(23)14(24)16(26-12)20-11-3-10(19)9(18)2-7(11)8(4-21)15(20)17/h2-4,12-14,16,23-24H,5H2,1H3/t12-,13?,14?,16-/m1/s1. The number of hydrogen-bond acceptors (Lipinski definition) is 6. The molecule has 1 aromatic heterocycles. The molecule has 1 fully saturated rings. The van der Waals surface area contributed by atoms with E-state index >= 15 is 0 Å². The van der Waals surface area contributed by atoms with Crippen molar-refractivity contribution in [3.8, 4) is 0 Å². The number of aliphatic hydroxyl groups excluding tert-OH is 2. The number of halogens is 3. The molecule has 1 aliphatic rings. The van der Waals surface area contributed by atoms with Crippen LogP contribution >= 0.6 is 39.1 Å². The molecule has 2 unspecified atom stereocenters. The summed E-state index contributed by atoms with van der Waals surface area (Å²) in [5.41, 5.74) is 0.782. The van der Waals surface area contributed by atoms with Gasteiger partial charge < -0.3 is 24.3 Å². The van der Waals surface area contributed by atoms with Gasteiger partial charge in [0.25, 0.3) is 0 Å². The number of aromatic nitrogens is 1. The Morgan fingerprint density at radius 1 is 1.35 bits per heavy atom. The quantitative estimate of drug-likeness (QED) is 0.531. The van der Waals surface area contributed by atoms with Crippen molar-refractivity contribution in [3.63, 3.8) is 0 Å². The molecule has 0 bridgehead atoms. The number of hydrogen-bond donors (Lipinski definition) is 2. The predicted octanol–water partition coefficient (Wildman–Crippen LogP) is 2.71. The van der Waals surface area contributed by atoms with Crippen molar-refractivity contribution in [2.75, 3.05) is 6.61 Å². The molecule has 1 aliphatic heterocycles. The third-order valence-corrected chi connectivity index (χ3v) is 5.71. The largest absolute Gasteiger partial charge is 0.463 e. The van der Waals surface area contributed by atoms with Crippen molar-refractivity contribution in [2.45, 2.75) is 31.5 Å². The Bertz CT molecular complexity index is 885. The smallest absolute Gasteiger partial charge is 0.302 e. The first-order valence-corrected chi connectivity index (χ1v) is 9.09. The number of carbonyl (C=O) groups excluding carboxylic acids is 2. The monoisotopic (exact) mass is 465 g/mol. The average Bonchev–Trinajstić information content (AvgIpc) is 3.00. The second kappa shape index (κ2) is 7.46. The minimum Gasteiger partial charge on any atom is -0.463 e. The maximum Gasteiger partial charge on any atom is 0.302 e. The third kappa shape index (κ3) is 3.26. The van der Waals surface area contributed by atoms with Crippen molar-refractivity contribution >= 4 is 62.3 Å². The van der Waals surface area contributed by atoms with Crippen molar-refractivity contribution in [3.05, 3.63) is 32.3 Å². The topological polar surface area (TPSA) is 98.0 Å². The molecule has 0 aliphatic carbocycles. The third-order valence-electron chi connectivity index (χ3n) is 4.18. The van der Waals surface area contributed by atoms with Crippen LogP contribution in [0.3, 0.4) is 0 Å². The van der Waals surface area contributed by atoms with Gasteiger partial charge >= 0.3 is 5.97 Å². The number of ether oxygens (including phenoxy) is 2. The molecule has 0 radical (unpaired) electrons. The Kier molecular flexibility index (Phi) is 5.62. The van der Waals surface area contributed by atoms with E-state index in [9.17, 15) is 19.8 Å². The number of aliphatic hydroxyl groups is 2. The predicted molar refractivity (Wildman–Crippen MR) is 97.6 cm³/mol. The van der Waals surface area contributed by atoms with Crippen LogP contribution in [0.15, 0.2) is 16.7 Å². The number of esters is 1. The van der Waals surface area contributed by atoms with E-state index in [-0.39, 0.29) is 16.7 Å². The molecule has 0 spiro atoms. The van der Waals surface area contributed by atoms with E-state index in [0.29, 0.717) is 27.4 Å². The van der Waals surface area contributed by atoms with Crippen LogP contribution in [0.2, 0.25) is 10.0 Å². The van der Waals surface area contributed by atoms with E-state index in [1.807, 2.05) is 0 Å². The van der Waals surface area contributed by atoms with Crippen LogP contribution in [-0.2, 0) is 14.3 Å². The Labute approximate surface area is 166 Å². The normalized spacial score (nSPS) is 25.6. The van der Waals surface area contributed by atoms with Gasteiger partial charge in [-0.05, 0) is 28.1 Å². The summed E-state index contributed by atoms with van der Waals surface area (Å²) in [5.74, 6) is -0.531. The van der Waals surface area contributed by atoms with Crippen LogP contribution in [0.25, 0.3) is 10.9 Å². The van der Waals surface area contributed by atoms with E-state index < -0.39 is 30.5 Å². The van der Waals surface area contributed by atoms with Gasteiger partial charge in [-0.25, -0.2) is 0 Å². The molecule has 0 amide bonds. The first-order valence-electron chi connectivity index (χ1n) is 7.54. The SMILES string of the molecule is CC(=O)OC[C@H]1O[C@@H](n2c(Br)c(C=O)c3cc(Cl)c(Cl)cc32)C(O)C1O. The van der Waals surface area contributed by atoms with E-state index in [4.69, 9.17) is 32.7 Å². The highest BCUT2D eigenvalue weighted by molar-refractivity contribution is 9.10. The first kappa shape index (κ1) is 19.6. The molecule has 0 saturated carbocycles. The Hall–Kier alpha value is -1.16. The Balaban J connectivity index is 2.07. The van der Waals surface area contributed by atoms with E-state index in [2.05, 4.69) is 15.9 Å². The summed E-state index contributed by atoms with van der Waals surface area (Å²) in [6, 6.07) is 3.08. The highest BCUT2D eigenvalue weighted by Gasteiger charge is 2.45. The first-order chi connectivity index (χ1) is 12.3. The number of benzene rings is 1. The summed E-state index contributed by atoms with van der Waals surface area (Å²) in [6.07, 6.45) is -3.93. The van der Waals surface area contributed by atoms with Gasteiger partial charge in [-0.1, -0.05) is 23.2 Å². The van der Waals surface area contributed by atoms with Crippen LogP contribution in [0.1, 0.15) is 23.5 Å². The van der Waals surface area contributed by atoms with Gasteiger partial charge in [0.05, 0.1) is 25.7 Å². The number of nitrogens with zero attached hydrogens (tertiary/aromatic N) is 1. The molecule has 1 aromatic carbocycles. The number of aldehydes is 1. The highest BCUT2D eigenvalue weighted by atomic mass is 79.9. The van der Waals surface area contributed by atoms with Gasteiger partial charge in [-0.2, -0.15) is 0 Å². The Morgan fingerprint density at radius 3 is 2.62 bits per heavy atom. The lowest BCUT2D eigenvalue weighted by atomic mass is 10.1. The van der Waals surface area contributed by atoms with Gasteiger partial charge in [-0.3, -0.25) is 9.59 Å². The fourth-order valence-corrected chi connectivity index (χ4v) is 3.96. The van der Waals surface area contributed by atoms with Crippen LogP contribution in [0, 0.1) is 0 Å². The Morgan fingerprint density at radius 2 is 2.00 bits per heavy atom. The van der Waals surface area contributed by atoms with Crippen LogP contribution in [0.5, 0.6) is 0 Å². The van der Waals surface area contributed by atoms with Crippen molar-refractivity contribution in [1.82, 2.24) is 4.57 Å². The lowest BCUT2D eigenvalue weighted by Crippen LogP contribution is -2.34. The molecule has 1 saturated heterocycles. The highest BCUT2D eigenvalue weighted by Crippen LogP contribution is 2.40. The van der Waals surface area contributed by atoms with E-state index in [1.54, 1.807) is 12.1 Å². The molecule has 3 rings (SSSR count). The van der Waals surface area contributed by atoms with Gasteiger partial charge in [-0.15, -0.1) is 0 Å². The molecular formula is C16H14BrCl2NO6. The molecule has 4 atom stereocenters. The average molecular weight is 467 g/mol. The van der Waals surface area contributed by atoms with Crippen LogP contribution < -0.4 is 0 Å². The summed E-state index contributed by atoms with van der Waals surface area (Å²) in [7, 11) is 0. The number of rotatable bonds is 4. The van der Waals surface area contributed by atoms with Crippen LogP contribution in [0.4, 0.5) is 0 Å². The molecule has 10 heteroatoms. The van der Waals surface area contributed by atoms with Gasteiger partial charge in [0.15, 0.2) is 12.5 Å². The summed E-state index contributed by atoms with van der Waals surface area (Å²) < 4.78 is 12.4. The summed E-state index contributed by atoms with van der Waals surface area (Å²) in [5, 5.41) is 21.7. The maximum absolute atomic E-state index is 11.5. The molecule has 140 valence electrons. The van der Waals surface area contributed by atoms with Gasteiger partial charge in [0, 0.05) is 12.3 Å². The minimum atomic E-state index is -1.32. The second-order valence-electron chi connectivity index (χ2n) is 5.82. The van der Waals surface area contributed by atoms with Gasteiger partial charge in [0.1, 0.15) is 24.9 Å². The lowest BCUT2D eigenvalue weighted by Gasteiger charge is -2.19. The van der Waals surface area contributed by atoms with Crippen molar-refractivity contribution < 1.29 is 29.3 Å². The van der Waals surface area contributed by atoms with Crippen LogP contribution in [-0.4, -0.2) is 52.0 Å². The molecule has 7 nitrogen and oxygen atoms in total. The summed E-state index contributed by atoms with van der Waals surface area (Å²) in [6.45, 7) is 1.02. The van der Waals surface area contributed by atoms with E-state index in [0.717, 1.165) is 0 Å². The molecular weight excluding hydrogens is 453 g/mol. The second-order valence-corrected chi connectivity index (χ2v) is 7.39.